The van der Waals surface area contributed by atoms with E-state index in [0.717, 1.165) is 0 Å². The number of benzene rings is 2. The Morgan fingerprint density at radius 3 is 2.56 bits per heavy atom. The first-order chi connectivity index (χ1) is 16.6. The molecule has 0 aliphatic rings. The lowest BCUT2D eigenvalue weighted by Gasteiger charge is -2.11. The van der Waals surface area contributed by atoms with E-state index in [1.54, 1.807) is 67.1 Å². The number of halogens is 1. The summed E-state index contributed by atoms with van der Waals surface area (Å²) < 4.78 is 20.9. The Bertz CT molecular complexity index is 1260. The fraction of sp³-hybridized carbons (Fsp3) is 0.115. The quantitative estimate of drug-likeness (QED) is 0.290. The van der Waals surface area contributed by atoms with Crippen LogP contribution in [0.1, 0.15) is 22.5 Å². The summed E-state index contributed by atoms with van der Waals surface area (Å²) in [7, 11) is 0. The van der Waals surface area contributed by atoms with Crippen molar-refractivity contribution in [3.05, 3.63) is 108 Å². The average molecular weight is 458 g/mol. The van der Waals surface area contributed by atoms with E-state index >= 15 is 0 Å². The van der Waals surface area contributed by atoms with Crippen LogP contribution in [0.5, 0.6) is 0 Å². The Morgan fingerprint density at radius 1 is 1.03 bits per heavy atom. The van der Waals surface area contributed by atoms with Crippen molar-refractivity contribution in [2.24, 2.45) is 0 Å². The van der Waals surface area contributed by atoms with E-state index in [-0.39, 0.29) is 11.5 Å². The van der Waals surface area contributed by atoms with Crippen LogP contribution in [0.2, 0.25) is 0 Å². The molecule has 4 rings (SSSR count). The first-order valence-corrected chi connectivity index (χ1v) is 10.8. The zero-order valence-corrected chi connectivity index (χ0v) is 18.3. The van der Waals surface area contributed by atoms with Gasteiger partial charge in [0.25, 0.3) is 11.8 Å². The van der Waals surface area contributed by atoms with E-state index in [4.69, 9.17) is 4.42 Å². The lowest BCUT2D eigenvalue weighted by Crippen LogP contribution is -2.35. The van der Waals surface area contributed by atoms with Gasteiger partial charge in [-0.2, -0.15) is 0 Å². The molecule has 7 nitrogen and oxygen atoms in total. The summed E-state index contributed by atoms with van der Waals surface area (Å²) in [4.78, 5) is 29.6. The monoisotopic (exact) mass is 458 g/mol. The van der Waals surface area contributed by atoms with Gasteiger partial charge in [0.1, 0.15) is 23.0 Å². The van der Waals surface area contributed by atoms with Gasteiger partial charge in [0.15, 0.2) is 0 Å². The number of rotatable bonds is 9. The van der Waals surface area contributed by atoms with Gasteiger partial charge in [-0.1, -0.05) is 18.2 Å². The van der Waals surface area contributed by atoms with Crippen LogP contribution >= 0.6 is 0 Å². The number of aromatic nitrogens is 2. The van der Waals surface area contributed by atoms with Crippen LogP contribution in [0.4, 0.5) is 4.39 Å². The summed E-state index contributed by atoms with van der Waals surface area (Å²) in [5, 5.41) is 5.51. The number of imidazole rings is 1. The first-order valence-electron chi connectivity index (χ1n) is 10.8. The molecule has 0 bridgehead atoms. The fourth-order valence-corrected chi connectivity index (χ4v) is 3.26. The van der Waals surface area contributed by atoms with Crippen molar-refractivity contribution in [3.63, 3.8) is 0 Å². The molecular formula is C26H23FN4O3. The van der Waals surface area contributed by atoms with Crippen molar-refractivity contribution in [2.75, 3.05) is 6.54 Å². The molecule has 0 radical (unpaired) electrons. The number of nitrogens with zero attached hydrogens (tertiary/aromatic N) is 2. The molecule has 0 spiro atoms. The Morgan fingerprint density at radius 2 is 1.82 bits per heavy atom. The van der Waals surface area contributed by atoms with Crippen molar-refractivity contribution in [1.82, 2.24) is 20.2 Å². The highest BCUT2D eigenvalue weighted by molar-refractivity contribution is 6.05. The highest BCUT2D eigenvalue weighted by Gasteiger charge is 2.15. The summed E-state index contributed by atoms with van der Waals surface area (Å²) in [5.41, 5.74) is 1.17. The molecule has 0 unspecified atom stereocenters. The predicted molar refractivity (Wildman–Crippen MR) is 126 cm³/mol. The maximum absolute atomic E-state index is 13.2. The van der Waals surface area contributed by atoms with Crippen LogP contribution in [0, 0.1) is 5.82 Å². The summed E-state index contributed by atoms with van der Waals surface area (Å²) in [6.45, 7) is 1.11. The second kappa shape index (κ2) is 10.9. The maximum atomic E-state index is 13.2. The van der Waals surface area contributed by atoms with Crippen molar-refractivity contribution >= 4 is 17.9 Å². The Balaban J connectivity index is 1.49. The zero-order valence-electron chi connectivity index (χ0n) is 18.3. The minimum Gasteiger partial charge on any atom is -0.457 e. The molecule has 0 aliphatic heterocycles. The summed E-state index contributed by atoms with van der Waals surface area (Å²) in [5.74, 6) is -0.302. The molecule has 0 fully saturated rings. The number of hydrogen-bond donors (Lipinski definition) is 2. The Kier molecular flexibility index (Phi) is 7.29. The van der Waals surface area contributed by atoms with Gasteiger partial charge in [-0.3, -0.25) is 9.59 Å². The third-order valence-electron chi connectivity index (χ3n) is 5.01. The topological polar surface area (TPSA) is 89.2 Å². The molecule has 172 valence electrons. The third kappa shape index (κ3) is 6.07. The third-order valence-corrected chi connectivity index (χ3v) is 5.01. The maximum Gasteiger partial charge on any atom is 0.267 e. The summed E-state index contributed by atoms with van der Waals surface area (Å²) in [6, 6.07) is 17.9. The Labute approximate surface area is 195 Å². The van der Waals surface area contributed by atoms with E-state index in [0.29, 0.717) is 42.2 Å². The standard InChI is InChI=1S/C26H23FN4O3/c27-21-9-7-19(8-10-21)24-12-11-22(34-24)17-23(30-25(32)20-5-2-1-3-6-20)26(33)29-13-4-15-31-16-14-28-18-31/h1-3,5-12,14,16-18H,4,13,15H2,(H,29,33)(H,30,32). The molecule has 2 N–H and O–H groups in total. The molecule has 0 saturated heterocycles. The van der Waals surface area contributed by atoms with Crippen molar-refractivity contribution in [3.8, 4) is 11.3 Å². The zero-order chi connectivity index (χ0) is 23.8. The minimum absolute atomic E-state index is 0.0523. The number of hydrogen-bond acceptors (Lipinski definition) is 4. The molecule has 8 heteroatoms. The van der Waals surface area contributed by atoms with Crippen LogP contribution < -0.4 is 10.6 Å². The second-order valence-electron chi connectivity index (χ2n) is 7.50. The highest BCUT2D eigenvalue weighted by Crippen LogP contribution is 2.23. The van der Waals surface area contributed by atoms with Crippen molar-refractivity contribution < 1.29 is 18.4 Å². The van der Waals surface area contributed by atoms with E-state index in [1.807, 2.05) is 10.8 Å². The Hall–Kier alpha value is -4.46. The van der Waals surface area contributed by atoms with E-state index in [1.165, 1.54) is 18.2 Å². The number of carbonyl (C=O) groups is 2. The second-order valence-corrected chi connectivity index (χ2v) is 7.50. The molecule has 4 aromatic rings. The number of amides is 2. The van der Waals surface area contributed by atoms with Gasteiger partial charge < -0.3 is 19.6 Å². The van der Waals surface area contributed by atoms with Gasteiger partial charge in [-0.25, -0.2) is 9.37 Å². The first kappa shape index (κ1) is 22.7. The van der Waals surface area contributed by atoms with E-state index in [9.17, 15) is 14.0 Å². The van der Waals surface area contributed by atoms with Gasteiger partial charge in [-0.05, 0) is 55.0 Å². The number of nitrogens with one attached hydrogen (secondary N) is 2. The molecule has 34 heavy (non-hydrogen) atoms. The molecule has 0 aliphatic carbocycles. The van der Waals surface area contributed by atoms with Gasteiger partial charge in [0.2, 0.25) is 0 Å². The smallest absolute Gasteiger partial charge is 0.267 e. The molecule has 0 saturated carbocycles. The van der Waals surface area contributed by atoms with Crippen molar-refractivity contribution in [2.45, 2.75) is 13.0 Å². The van der Waals surface area contributed by atoms with Crippen LogP contribution in [-0.4, -0.2) is 27.9 Å². The lowest BCUT2D eigenvalue weighted by molar-refractivity contribution is -0.117. The van der Waals surface area contributed by atoms with Gasteiger partial charge in [0.05, 0.1) is 6.33 Å². The van der Waals surface area contributed by atoms with Crippen LogP contribution in [0.3, 0.4) is 0 Å². The van der Waals surface area contributed by atoms with Gasteiger partial charge in [-0.15, -0.1) is 0 Å². The summed E-state index contributed by atoms with van der Waals surface area (Å²) in [6.07, 6.45) is 7.42. The average Bonchev–Trinajstić information content (AvgIpc) is 3.55. The molecule has 2 aromatic heterocycles. The number of furan rings is 1. The van der Waals surface area contributed by atoms with E-state index < -0.39 is 11.8 Å². The molecular weight excluding hydrogens is 435 g/mol. The highest BCUT2D eigenvalue weighted by atomic mass is 19.1. The number of aryl methyl sites for hydroxylation is 1. The van der Waals surface area contributed by atoms with Crippen LogP contribution in [0.25, 0.3) is 17.4 Å². The lowest BCUT2D eigenvalue weighted by atomic mass is 10.2. The largest absolute Gasteiger partial charge is 0.457 e. The van der Waals surface area contributed by atoms with Crippen molar-refractivity contribution in [1.29, 1.82) is 0 Å². The fourth-order valence-electron chi connectivity index (χ4n) is 3.26. The normalized spacial score (nSPS) is 11.3. The van der Waals surface area contributed by atoms with Crippen LogP contribution in [0.15, 0.2) is 95.6 Å². The number of carbonyl (C=O) groups excluding carboxylic acids is 2. The summed E-state index contributed by atoms with van der Waals surface area (Å²) >= 11 is 0. The van der Waals surface area contributed by atoms with Gasteiger partial charge >= 0.3 is 0 Å². The van der Waals surface area contributed by atoms with E-state index in [2.05, 4.69) is 15.6 Å². The molecule has 2 heterocycles. The SMILES string of the molecule is O=C(NCCCn1ccnc1)C(=Cc1ccc(-c2ccc(F)cc2)o1)NC(=O)c1ccccc1. The predicted octanol–water partition coefficient (Wildman–Crippen LogP) is 4.26. The molecule has 2 aromatic carbocycles. The van der Waals surface area contributed by atoms with Crippen LogP contribution in [-0.2, 0) is 11.3 Å². The molecule has 0 atom stereocenters. The van der Waals surface area contributed by atoms with Gasteiger partial charge in [0, 0.05) is 42.7 Å². The molecule has 2 amide bonds. The minimum atomic E-state index is -0.436.